The molecule has 20 heavy (non-hydrogen) atoms. The molecule has 0 aliphatic rings. The molecule has 0 aliphatic heterocycles. The van der Waals surface area contributed by atoms with Gasteiger partial charge in [-0.1, -0.05) is 30.2 Å². The van der Waals surface area contributed by atoms with E-state index in [2.05, 4.69) is 19.9 Å². The van der Waals surface area contributed by atoms with Crippen molar-refractivity contribution in [3.63, 3.8) is 0 Å². The van der Waals surface area contributed by atoms with E-state index >= 15 is 0 Å². The summed E-state index contributed by atoms with van der Waals surface area (Å²) in [6, 6.07) is 0. The van der Waals surface area contributed by atoms with Gasteiger partial charge in [-0.2, -0.15) is 0 Å². The zero-order valence-corrected chi connectivity index (χ0v) is 13.5. The summed E-state index contributed by atoms with van der Waals surface area (Å²) in [5, 5.41) is 0. The third-order valence-electron chi connectivity index (χ3n) is 3.04. The van der Waals surface area contributed by atoms with Crippen molar-refractivity contribution in [2.75, 3.05) is 0 Å². The molecule has 0 amide bonds. The Kier molecular flexibility index (Phi) is 9.61. The molecule has 0 heterocycles. The second-order valence-electron chi connectivity index (χ2n) is 5.64. The first-order valence-electron chi connectivity index (χ1n) is 7.35. The predicted molar refractivity (Wildman–Crippen MR) is 85.6 cm³/mol. The fourth-order valence-electron chi connectivity index (χ4n) is 2.25. The van der Waals surface area contributed by atoms with Gasteiger partial charge in [-0.25, -0.2) is 0 Å². The third kappa shape index (κ3) is 10.5. The minimum Gasteiger partial charge on any atom is -0.300 e. The molecule has 0 spiro atoms. The van der Waals surface area contributed by atoms with Gasteiger partial charge in [0.25, 0.3) is 0 Å². The Labute approximate surface area is 123 Å². The summed E-state index contributed by atoms with van der Waals surface area (Å²) in [6.45, 7) is 9.66. The third-order valence-corrected chi connectivity index (χ3v) is 3.04. The Hall–Kier alpha value is -1.44. The highest BCUT2D eigenvalue weighted by atomic mass is 16.1. The molecule has 0 radical (unpaired) electrons. The molecule has 1 unspecified atom stereocenters. The molecule has 0 aromatic rings. The van der Waals surface area contributed by atoms with Gasteiger partial charge < -0.3 is 4.79 Å². The van der Waals surface area contributed by atoms with Crippen molar-refractivity contribution in [2.45, 2.75) is 60.3 Å². The molecule has 0 saturated heterocycles. The second-order valence-corrected chi connectivity index (χ2v) is 5.64. The number of ketones is 2. The lowest BCUT2D eigenvalue weighted by Gasteiger charge is -2.07. The topological polar surface area (TPSA) is 34.1 Å². The normalized spacial score (nSPS) is 14.7. The van der Waals surface area contributed by atoms with E-state index in [9.17, 15) is 9.59 Å². The number of rotatable bonds is 9. The number of Topliss-reactive ketones (excluding diaryl/α,β-unsaturated/α-hetero) is 1. The summed E-state index contributed by atoms with van der Waals surface area (Å²) in [5.74, 6) is 0.621. The van der Waals surface area contributed by atoms with E-state index < -0.39 is 0 Å². The first kappa shape index (κ1) is 18.6. The van der Waals surface area contributed by atoms with Crippen molar-refractivity contribution >= 4 is 11.6 Å². The summed E-state index contributed by atoms with van der Waals surface area (Å²) in [7, 11) is 0. The monoisotopic (exact) mass is 276 g/mol. The lowest BCUT2D eigenvalue weighted by atomic mass is 9.99. The van der Waals surface area contributed by atoms with Gasteiger partial charge in [0, 0.05) is 6.42 Å². The maximum absolute atomic E-state index is 11.4. The molecule has 2 nitrogen and oxygen atoms in total. The fraction of sp³-hybridized carbons (Fsp3) is 0.556. The fourth-order valence-corrected chi connectivity index (χ4v) is 2.25. The van der Waals surface area contributed by atoms with Crippen molar-refractivity contribution < 1.29 is 9.59 Å². The van der Waals surface area contributed by atoms with E-state index in [4.69, 9.17) is 0 Å². The smallest absolute Gasteiger partial charge is 0.178 e. The van der Waals surface area contributed by atoms with Crippen LogP contribution in [-0.2, 0) is 9.59 Å². The quantitative estimate of drug-likeness (QED) is 0.447. The number of hydrogen-bond acceptors (Lipinski definition) is 2. The van der Waals surface area contributed by atoms with Crippen LogP contribution in [0.25, 0.3) is 0 Å². The van der Waals surface area contributed by atoms with Crippen LogP contribution >= 0.6 is 0 Å². The molecule has 0 rings (SSSR count). The zero-order valence-electron chi connectivity index (χ0n) is 13.5. The van der Waals surface area contributed by atoms with E-state index in [1.54, 1.807) is 25.2 Å². The van der Waals surface area contributed by atoms with Crippen molar-refractivity contribution in [1.29, 1.82) is 0 Å². The second kappa shape index (κ2) is 10.4. The lowest BCUT2D eigenvalue weighted by molar-refractivity contribution is -0.117. The summed E-state index contributed by atoms with van der Waals surface area (Å²) >= 11 is 0. The zero-order chi connectivity index (χ0) is 15.5. The molecule has 112 valence electrons. The minimum atomic E-state index is 0.0624. The number of carbonyl (C=O) groups is 2. The van der Waals surface area contributed by atoms with Crippen molar-refractivity contribution in [3.8, 4) is 0 Å². The van der Waals surface area contributed by atoms with E-state index in [1.165, 1.54) is 5.57 Å². The van der Waals surface area contributed by atoms with Gasteiger partial charge >= 0.3 is 0 Å². The standard InChI is InChI=1S/C18H28O2/c1-6-8-18(20)13-15(3)10-7-9-14(2)11-16(4)12-17(5)19/h6,8,11,13,16H,7,9-10,12H2,1-5H3. The molecule has 2 heteroatoms. The predicted octanol–water partition coefficient (Wildman–Crippen LogP) is 4.81. The van der Waals surface area contributed by atoms with E-state index in [-0.39, 0.29) is 11.6 Å². The molecular weight excluding hydrogens is 248 g/mol. The van der Waals surface area contributed by atoms with Crippen LogP contribution in [0, 0.1) is 5.92 Å². The molecule has 0 aromatic carbocycles. The molecular formula is C18H28O2. The molecule has 0 aromatic heterocycles. The Morgan fingerprint density at radius 1 is 1.05 bits per heavy atom. The van der Waals surface area contributed by atoms with Crippen molar-refractivity contribution in [3.05, 3.63) is 35.5 Å². The Morgan fingerprint density at radius 2 is 1.65 bits per heavy atom. The van der Waals surface area contributed by atoms with Crippen LogP contribution in [0.4, 0.5) is 0 Å². The SMILES string of the molecule is CC=CC(=O)C=C(C)CCCC(C)=CC(C)CC(C)=O. The average molecular weight is 276 g/mol. The largest absolute Gasteiger partial charge is 0.300 e. The highest BCUT2D eigenvalue weighted by Gasteiger charge is 2.03. The maximum Gasteiger partial charge on any atom is 0.178 e. The first-order chi connectivity index (χ1) is 9.35. The summed E-state index contributed by atoms with van der Waals surface area (Å²) in [5.41, 5.74) is 2.45. The van der Waals surface area contributed by atoms with Gasteiger partial charge in [0.1, 0.15) is 5.78 Å². The Morgan fingerprint density at radius 3 is 2.20 bits per heavy atom. The Bertz CT molecular complexity index is 411. The van der Waals surface area contributed by atoms with Crippen LogP contribution < -0.4 is 0 Å². The van der Waals surface area contributed by atoms with Gasteiger partial charge in [0.2, 0.25) is 0 Å². The van der Waals surface area contributed by atoms with Gasteiger partial charge in [0.15, 0.2) is 5.78 Å². The number of allylic oxidation sites excluding steroid dienone is 6. The highest BCUT2D eigenvalue weighted by Crippen LogP contribution is 2.15. The molecule has 0 N–H and O–H groups in total. The van der Waals surface area contributed by atoms with Gasteiger partial charge in [0.05, 0.1) is 0 Å². The van der Waals surface area contributed by atoms with Crippen LogP contribution in [0.1, 0.15) is 60.3 Å². The number of hydrogen-bond donors (Lipinski definition) is 0. The maximum atomic E-state index is 11.4. The summed E-state index contributed by atoms with van der Waals surface area (Å²) in [4.78, 5) is 22.4. The van der Waals surface area contributed by atoms with Crippen LogP contribution in [0.3, 0.4) is 0 Å². The van der Waals surface area contributed by atoms with Crippen LogP contribution in [0.15, 0.2) is 35.5 Å². The van der Waals surface area contributed by atoms with Crippen molar-refractivity contribution in [2.24, 2.45) is 5.92 Å². The molecule has 0 aliphatic carbocycles. The van der Waals surface area contributed by atoms with E-state index in [1.807, 2.05) is 13.8 Å². The van der Waals surface area contributed by atoms with Crippen LogP contribution in [-0.4, -0.2) is 11.6 Å². The van der Waals surface area contributed by atoms with Gasteiger partial charge in [-0.15, -0.1) is 0 Å². The van der Waals surface area contributed by atoms with E-state index in [0.717, 1.165) is 24.8 Å². The molecule has 1 atom stereocenters. The highest BCUT2D eigenvalue weighted by molar-refractivity contribution is 5.99. The molecule has 0 saturated carbocycles. The number of carbonyl (C=O) groups excluding carboxylic acids is 2. The van der Waals surface area contributed by atoms with E-state index in [0.29, 0.717) is 12.3 Å². The van der Waals surface area contributed by atoms with Crippen molar-refractivity contribution in [1.82, 2.24) is 0 Å². The summed E-state index contributed by atoms with van der Waals surface area (Å²) in [6.07, 6.45) is 10.9. The van der Waals surface area contributed by atoms with Crippen LogP contribution in [0.5, 0.6) is 0 Å². The van der Waals surface area contributed by atoms with Gasteiger partial charge in [-0.3, -0.25) is 4.79 Å². The Balaban J connectivity index is 4.14. The van der Waals surface area contributed by atoms with Gasteiger partial charge in [-0.05, 0) is 65.0 Å². The molecule has 0 bridgehead atoms. The minimum absolute atomic E-state index is 0.0624. The lowest BCUT2D eigenvalue weighted by Crippen LogP contribution is -1.99. The van der Waals surface area contributed by atoms with Crippen LogP contribution in [0.2, 0.25) is 0 Å². The molecule has 0 fully saturated rings. The average Bonchev–Trinajstić information content (AvgIpc) is 2.27. The first-order valence-corrected chi connectivity index (χ1v) is 7.35. The summed E-state index contributed by atoms with van der Waals surface area (Å²) < 4.78 is 0.